The van der Waals surface area contributed by atoms with Crippen molar-refractivity contribution < 1.29 is 13.9 Å². The molecule has 2 rings (SSSR count). The summed E-state index contributed by atoms with van der Waals surface area (Å²) in [5.41, 5.74) is 2.47. The largest absolute Gasteiger partial charge is 0.492 e. The summed E-state index contributed by atoms with van der Waals surface area (Å²) in [5, 5.41) is 5.66. The molecule has 0 saturated carbocycles. The minimum absolute atomic E-state index is 0.138. The number of ether oxygens (including phenoxy) is 1. The molecule has 2 amide bonds. The van der Waals surface area contributed by atoms with E-state index in [9.17, 15) is 9.18 Å². The summed E-state index contributed by atoms with van der Waals surface area (Å²) in [6.07, 6.45) is 0. The average Bonchev–Trinajstić information content (AvgIpc) is 2.57. The van der Waals surface area contributed by atoms with Crippen LogP contribution in [0.4, 0.5) is 14.9 Å². The predicted molar refractivity (Wildman–Crippen MR) is 102 cm³/mol. The van der Waals surface area contributed by atoms with Gasteiger partial charge >= 0.3 is 6.03 Å². The van der Waals surface area contributed by atoms with Gasteiger partial charge in [0.15, 0.2) is 0 Å². The van der Waals surface area contributed by atoms with E-state index in [1.54, 1.807) is 6.07 Å². The van der Waals surface area contributed by atoms with Gasteiger partial charge in [0.2, 0.25) is 0 Å². The second-order valence-electron chi connectivity index (χ2n) is 6.30. The average molecular weight is 359 g/mol. The van der Waals surface area contributed by atoms with Gasteiger partial charge in [-0.1, -0.05) is 18.2 Å². The number of hydrogen-bond acceptors (Lipinski definition) is 3. The summed E-state index contributed by atoms with van der Waals surface area (Å²) in [4.78, 5) is 14.2. The Morgan fingerprint density at radius 2 is 2.00 bits per heavy atom. The summed E-state index contributed by atoms with van der Waals surface area (Å²) in [7, 11) is 3.78. The van der Waals surface area contributed by atoms with E-state index in [2.05, 4.69) is 10.6 Å². The highest BCUT2D eigenvalue weighted by Gasteiger charge is 2.16. The van der Waals surface area contributed by atoms with Crippen LogP contribution in [0.25, 0.3) is 0 Å². The van der Waals surface area contributed by atoms with E-state index in [0.29, 0.717) is 24.6 Å². The summed E-state index contributed by atoms with van der Waals surface area (Å²) in [6.45, 7) is 4.72. The van der Waals surface area contributed by atoms with Crippen molar-refractivity contribution in [1.82, 2.24) is 10.2 Å². The maximum atomic E-state index is 13.5. The van der Waals surface area contributed by atoms with Gasteiger partial charge in [0.1, 0.15) is 11.6 Å². The van der Waals surface area contributed by atoms with Crippen molar-refractivity contribution in [3.05, 3.63) is 59.4 Å². The maximum Gasteiger partial charge on any atom is 0.319 e. The number of hydrogen-bond donors (Lipinski definition) is 2. The van der Waals surface area contributed by atoms with E-state index >= 15 is 0 Å². The van der Waals surface area contributed by atoms with Crippen LogP contribution in [-0.4, -0.2) is 38.2 Å². The molecule has 140 valence electrons. The molecule has 2 aromatic rings. The number of benzene rings is 2. The van der Waals surface area contributed by atoms with E-state index in [1.165, 1.54) is 12.1 Å². The van der Waals surface area contributed by atoms with Crippen molar-refractivity contribution in [1.29, 1.82) is 0 Å². The first-order valence-corrected chi connectivity index (χ1v) is 8.61. The zero-order chi connectivity index (χ0) is 19.1. The van der Waals surface area contributed by atoms with Crippen LogP contribution in [0, 0.1) is 12.7 Å². The van der Waals surface area contributed by atoms with Crippen LogP contribution in [0.2, 0.25) is 0 Å². The number of aryl methyl sites for hydroxylation is 1. The SMILES string of the molecule is CCOc1cc(C)ccc1NC(=O)NCC(c1cccc(F)c1)N(C)C. The first kappa shape index (κ1) is 19.7. The first-order valence-electron chi connectivity index (χ1n) is 8.61. The Labute approximate surface area is 154 Å². The highest BCUT2D eigenvalue weighted by Crippen LogP contribution is 2.25. The van der Waals surface area contributed by atoms with Gasteiger partial charge < -0.3 is 20.3 Å². The molecule has 0 aliphatic rings. The minimum atomic E-state index is -0.335. The van der Waals surface area contributed by atoms with Crippen molar-refractivity contribution in [2.45, 2.75) is 19.9 Å². The van der Waals surface area contributed by atoms with Gasteiger partial charge in [-0.15, -0.1) is 0 Å². The summed E-state index contributed by atoms with van der Waals surface area (Å²) in [5.74, 6) is 0.344. The first-order chi connectivity index (χ1) is 12.4. The lowest BCUT2D eigenvalue weighted by Crippen LogP contribution is -2.37. The number of nitrogens with zero attached hydrogens (tertiary/aromatic N) is 1. The van der Waals surface area contributed by atoms with Crippen LogP contribution in [0.5, 0.6) is 5.75 Å². The number of rotatable bonds is 7. The zero-order valence-electron chi connectivity index (χ0n) is 15.7. The Balaban J connectivity index is 2.03. The lowest BCUT2D eigenvalue weighted by molar-refractivity contribution is 0.243. The van der Waals surface area contributed by atoms with Gasteiger partial charge in [-0.05, 0) is 63.3 Å². The van der Waals surface area contributed by atoms with Gasteiger partial charge in [0, 0.05) is 6.54 Å². The number of halogens is 1. The quantitative estimate of drug-likeness (QED) is 0.787. The van der Waals surface area contributed by atoms with Crippen LogP contribution in [0.3, 0.4) is 0 Å². The summed E-state index contributed by atoms with van der Waals surface area (Å²) < 4.78 is 19.1. The highest BCUT2D eigenvalue weighted by molar-refractivity contribution is 5.91. The molecule has 6 heteroatoms. The van der Waals surface area contributed by atoms with Gasteiger partial charge in [-0.2, -0.15) is 0 Å². The molecule has 2 N–H and O–H groups in total. The molecular formula is C20H26FN3O2. The number of urea groups is 1. The molecule has 5 nitrogen and oxygen atoms in total. The fraction of sp³-hybridized carbons (Fsp3) is 0.350. The molecule has 1 unspecified atom stereocenters. The number of anilines is 1. The molecular weight excluding hydrogens is 333 g/mol. The van der Waals surface area contributed by atoms with E-state index in [-0.39, 0.29) is 17.9 Å². The topological polar surface area (TPSA) is 53.6 Å². The predicted octanol–water partition coefficient (Wildman–Crippen LogP) is 3.96. The molecule has 0 aliphatic carbocycles. The molecule has 26 heavy (non-hydrogen) atoms. The van der Waals surface area contributed by atoms with Crippen molar-refractivity contribution in [3.63, 3.8) is 0 Å². The number of carbonyl (C=O) groups excluding carboxylic acids is 1. The second kappa shape index (κ2) is 9.20. The number of likely N-dealkylation sites (N-methyl/N-ethyl adjacent to an activating group) is 1. The van der Waals surface area contributed by atoms with Gasteiger partial charge in [-0.25, -0.2) is 9.18 Å². The van der Waals surface area contributed by atoms with Crippen molar-refractivity contribution >= 4 is 11.7 Å². The van der Waals surface area contributed by atoms with Crippen molar-refractivity contribution in [2.75, 3.05) is 32.6 Å². The Kier molecular flexibility index (Phi) is 6.97. The van der Waals surface area contributed by atoms with Crippen LogP contribution < -0.4 is 15.4 Å². The maximum absolute atomic E-state index is 13.5. The normalized spacial score (nSPS) is 11.9. The second-order valence-corrected chi connectivity index (χ2v) is 6.30. The molecule has 0 spiro atoms. The Hall–Kier alpha value is -2.60. The molecule has 0 aromatic heterocycles. The molecule has 0 heterocycles. The minimum Gasteiger partial charge on any atom is -0.492 e. The molecule has 0 bridgehead atoms. The smallest absolute Gasteiger partial charge is 0.319 e. The Morgan fingerprint density at radius 1 is 1.23 bits per heavy atom. The van der Waals surface area contributed by atoms with E-state index in [4.69, 9.17) is 4.74 Å². The standard InChI is InChI=1S/C20H26FN3O2/c1-5-26-19-11-14(2)9-10-17(19)23-20(25)22-13-18(24(3)4)15-7-6-8-16(21)12-15/h6-12,18H,5,13H2,1-4H3,(H2,22,23,25). The Morgan fingerprint density at radius 3 is 2.65 bits per heavy atom. The lowest BCUT2D eigenvalue weighted by Gasteiger charge is -2.25. The van der Waals surface area contributed by atoms with Gasteiger partial charge in [-0.3, -0.25) is 0 Å². The van der Waals surface area contributed by atoms with Gasteiger partial charge in [0.25, 0.3) is 0 Å². The molecule has 0 aliphatic heterocycles. The van der Waals surface area contributed by atoms with Crippen LogP contribution in [-0.2, 0) is 0 Å². The number of amides is 2. The van der Waals surface area contributed by atoms with Crippen molar-refractivity contribution in [2.24, 2.45) is 0 Å². The van der Waals surface area contributed by atoms with Crippen LogP contribution in [0.1, 0.15) is 24.1 Å². The van der Waals surface area contributed by atoms with E-state index in [1.807, 2.05) is 57.1 Å². The molecule has 0 radical (unpaired) electrons. The third kappa shape index (κ3) is 5.46. The Bertz CT molecular complexity index is 750. The van der Waals surface area contributed by atoms with Gasteiger partial charge in [0.05, 0.1) is 18.3 Å². The fourth-order valence-electron chi connectivity index (χ4n) is 2.68. The third-order valence-electron chi connectivity index (χ3n) is 4.00. The van der Waals surface area contributed by atoms with E-state index in [0.717, 1.165) is 11.1 Å². The fourth-order valence-corrected chi connectivity index (χ4v) is 2.68. The summed E-state index contributed by atoms with van der Waals surface area (Å²) >= 11 is 0. The molecule has 0 fully saturated rings. The molecule has 1 atom stereocenters. The van der Waals surface area contributed by atoms with Crippen molar-refractivity contribution in [3.8, 4) is 5.75 Å². The van der Waals surface area contributed by atoms with Crippen LogP contribution >= 0.6 is 0 Å². The number of carbonyl (C=O) groups is 1. The summed E-state index contributed by atoms with van der Waals surface area (Å²) in [6, 6.07) is 11.5. The molecule has 0 saturated heterocycles. The lowest BCUT2D eigenvalue weighted by atomic mass is 10.1. The van der Waals surface area contributed by atoms with E-state index < -0.39 is 0 Å². The zero-order valence-corrected chi connectivity index (χ0v) is 15.7. The third-order valence-corrected chi connectivity index (χ3v) is 4.00. The van der Waals surface area contributed by atoms with Crippen LogP contribution in [0.15, 0.2) is 42.5 Å². The monoisotopic (exact) mass is 359 g/mol. The number of nitrogens with one attached hydrogen (secondary N) is 2. The highest BCUT2D eigenvalue weighted by atomic mass is 19.1. The molecule has 2 aromatic carbocycles.